The molecule has 1 saturated heterocycles. The second-order valence-corrected chi connectivity index (χ2v) is 10.3. The van der Waals surface area contributed by atoms with Crippen molar-refractivity contribution in [3.05, 3.63) is 59.8 Å². The van der Waals surface area contributed by atoms with E-state index in [1.165, 1.54) is 37.6 Å². The zero-order chi connectivity index (χ0) is 25.2. The highest BCUT2D eigenvalue weighted by molar-refractivity contribution is 7.89. The molecule has 0 N–H and O–H groups in total. The molecule has 2 aromatic carbocycles. The zero-order valence-electron chi connectivity index (χ0n) is 20.0. The normalized spacial score (nSPS) is 18.2. The number of hydrogen-bond acceptors (Lipinski definition) is 6. The lowest BCUT2D eigenvalue weighted by molar-refractivity contribution is -0.135. The number of benzene rings is 2. The predicted molar refractivity (Wildman–Crippen MR) is 130 cm³/mol. The topological polar surface area (TPSA) is 96.5 Å². The van der Waals surface area contributed by atoms with Gasteiger partial charge in [-0.1, -0.05) is 24.3 Å². The summed E-state index contributed by atoms with van der Waals surface area (Å²) in [4.78, 5) is 28.8. The number of fused-ring (bicyclic) bond motifs is 1. The summed E-state index contributed by atoms with van der Waals surface area (Å²) in [6.45, 7) is 2.39. The molecule has 2 aliphatic rings. The number of carbonyl (C=O) groups is 2. The van der Waals surface area contributed by atoms with Crippen LogP contribution in [0.5, 0.6) is 11.5 Å². The SMILES string of the molecule is COc1ccc(S(=O)(=O)N2CCN(C(=O)CC3c4ccccc4C=CN3C(C)=O)CC2)cc1OC. The maximum Gasteiger partial charge on any atom is 0.243 e. The highest BCUT2D eigenvalue weighted by Crippen LogP contribution is 2.34. The summed E-state index contributed by atoms with van der Waals surface area (Å²) < 4.78 is 38.2. The molecule has 0 saturated carbocycles. The molecule has 186 valence electrons. The van der Waals surface area contributed by atoms with E-state index in [0.717, 1.165) is 11.1 Å². The molecule has 2 heterocycles. The van der Waals surface area contributed by atoms with Crippen molar-refractivity contribution >= 4 is 27.9 Å². The number of methoxy groups -OCH3 is 2. The Bertz CT molecular complexity index is 1250. The van der Waals surface area contributed by atoms with Crippen LogP contribution in [0.15, 0.2) is 53.6 Å². The van der Waals surface area contributed by atoms with Crippen molar-refractivity contribution in [1.82, 2.24) is 14.1 Å². The fourth-order valence-corrected chi connectivity index (χ4v) is 5.95. The first-order valence-corrected chi connectivity index (χ1v) is 12.8. The van der Waals surface area contributed by atoms with Gasteiger partial charge in [-0.25, -0.2) is 8.42 Å². The molecule has 0 radical (unpaired) electrons. The lowest BCUT2D eigenvalue weighted by Gasteiger charge is -2.37. The lowest BCUT2D eigenvalue weighted by atomic mass is 9.93. The first-order valence-electron chi connectivity index (χ1n) is 11.3. The number of piperazine rings is 1. The van der Waals surface area contributed by atoms with E-state index in [9.17, 15) is 18.0 Å². The number of rotatable bonds is 6. The highest BCUT2D eigenvalue weighted by atomic mass is 32.2. The van der Waals surface area contributed by atoms with Crippen LogP contribution in [0.3, 0.4) is 0 Å². The van der Waals surface area contributed by atoms with Crippen LogP contribution in [-0.4, -0.2) is 74.7 Å². The summed E-state index contributed by atoms with van der Waals surface area (Å²) in [6, 6.07) is 11.8. The molecule has 10 heteroatoms. The summed E-state index contributed by atoms with van der Waals surface area (Å²) in [6.07, 6.45) is 3.72. The third kappa shape index (κ3) is 4.89. The summed E-state index contributed by atoms with van der Waals surface area (Å²) >= 11 is 0. The van der Waals surface area contributed by atoms with Crippen molar-refractivity contribution in [1.29, 1.82) is 0 Å². The first-order chi connectivity index (χ1) is 16.8. The van der Waals surface area contributed by atoms with Gasteiger partial charge in [-0.2, -0.15) is 4.31 Å². The molecule has 2 aliphatic heterocycles. The molecule has 2 aromatic rings. The van der Waals surface area contributed by atoms with Gasteiger partial charge in [-0.3, -0.25) is 9.59 Å². The van der Waals surface area contributed by atoms with Gasteiger partial charge in [0.2, 0.25) is 21.8 Å². The Morgan fingerprint density at radius 3 is 2.31 bits per heavy atom. The number of ether oxygens (including phenoxy) is 2. The molecule has 9 nitrogen and oxygen atoms in total. The molecule has 0 aliphatic carbocycles. The van der Waals surface area contributed by atoms with Gasteiger partial charge in [0, 0.05) is 45.4 Å². The van der Waals surface area contributed by atoms with E-state index in [2.05, 4.69) is 0 Å². The van der Waals surface area contributed by atoms with E-state index in [1.54, 1.807) is 22.1 Å². The van der Waals surface area contributed by atoms with Gasteiger partial charge in [0.15, 0.2) is 11.5 Å². The van der Waals surface area contributed by atoms with Crippen LogP contribution in [0, 0.1) is 0 Å². The van der Waals surface area contributed by atoms with Crippen LogP contribution in [0.25, 0.3) is 6.08 Å². The number of hydrogen-bond donors (Lipinski definition) is 0. The van der Waals surface area contributed by atoms with Crippen molar-refractivity contribution in [3.8, 4) is 11.5 Å². The molecule has 1 unspecified atom stereocenters. The summed E-state index contributed by atoms with van der Waals surface area (Å²) in [5, 5.41) is 0. The van der Waals surface area contributed by atoms with Gasteiger partial charge in [-0.15, -0.1) is 0 Å². The Morgan fingerprint density at radius 1 is 0.971 bits per heavy atom. The summed E-state index contributed by atoms with van der Waals surface area (Å²) in [5.41, 5.74) is 1.90. The number of carbonyl (C=O) groups excluding carboxylic acids is 2. The second-order valence-electron chi connectivity index (χ2n) is 8.39. The Hall–Kier alpha value is -3.37. The molecule has 1 fully saturated rings. The first kappa shape index (κ1) is 24.7. The van der Waals surface area contributed by atoms with E-state index in [4.69, 9.17) is 9.47 Å². The molecule has 0 spiro atoms. The molecule has 4 rings (SSSR count). The minimum atomic E-state index is -3.76. The molecule has 0 bridgehead atoms. The van der Waals surface area contributed by atoms with E-state index in [-0.39, 0.29) is 49.3 Å². The van der Waals surface area contributed by atoms with Crippen molar-refractivity contribution in [2.75, 3.05) is 40.4 Å². The molecule has 2 amide bonds. The average Bonchev–Trinajstić information content (AvgIpc) is 2.88. The number of amides is 2. The minimum Gasteiger partial charge on any atom is -0.493 e. The van der Waals surface area contributed by atoms with E-state index in [0.29, 0.717) is 11.5 Å². The summed E-state index contributed by atoms with van der Waals surface area (Å²) in [5.74, 6) is 0.522. The standard InChI is InChI=1S/C25H29N3O6S/c1-18(29)28-11-10-19-6-4-5-7-21(19)22(28)17-25(30)26-12-14-27(15-13-26)35(31,32)20-8-9-23(33-2)24(16-20)34-3/h4-11,16,22H,12-15,17H2,1-3H3. The fourth-order valence-electron chi connectivity index (χ4n) is 4.51. The van der Waals surface area contributed by atoms with Crippen LogP contribution in [0.2, 0.25) is 0 Å². The lowest BCUT2D eigenvalue weighted by Crippen LogP contribution is -2.51. The van der Waals surface area contributed by atoms with Crippen LogP contribution in [0.1, 0.15) is 30.5 Å². The smallest absolute Gasteiger partial charge is 0.243 e. The monoisotopic (exact) mass is 499 g/mol. The quantitative estimate of drug-likeness (QED) is 0.606. The van der Waals surface area contributed by atoms with Crippen LogP contribution >= 0.6 is 0 Å². The van der Waals surface area contributed by atoms with Gasteiger partial charge >= 0.3 is 0 Å². The maximum atomic E-state index is 13.2. The van der Waals surface area contributed by atoms with Crippen molar-refractivity contribution in [3.63, 3.8) is 0 Å². The van der Waals surface area contributed by atoms with E-state index >= 15 is 0 Å². The predicted octanol–water partition coefficient (Wildman–Crippen LogP) is 2.50. The Morgan fingerprint density at radius 2 is 1.66 bits per heavy atom. The van der Waals surface area contributed by atoms with E-state index < -0.39 is 16.1 Å². The number of sulfonamides is 1. The third-order valence-corrected chi connectivity index (χ3v) is 8.32. The van der Waals surface area contributed by atoms with Gasteiger partial charge in [0.05, 0.1) is 31.6 Å². The van der Waals surface area contributed by atoms with Gasteiger partial charge in [-0.05, 0) is 29.3 Å². The van der Waals surface area contributed by atoms with Gasteiger partial charge in [0.1, 0.15) is 0 Å². The third-order valence-electron chi connectivity index (χ3n) is 6.42. The van der Waals surface area contributed by atoms with Gasteiger partial charge in [0.25, 0.3) is 0 Å². The highest BCUT2D eigenvalue weighted by Gasteiger charge is 2.34. The van der Waals surface area contributed by atoms with Gasteiger partial charge < -0.3 is 19.3 Å². The number of nitrogens with zero attached hydrogens (tertiary/aromatic N) is 3. The Balaban J connectivity index is 1.44. The zero-order valence-corrected chi connectivity index (χ0v) is 20.8. The fraction of sp³-hybridized carbons (Fsp3) is 0.360. The van der Waals surface area contributed by atoms with E-state index in [1.807, 2.05) is 30.3 Å². The molecular formula is C25H29N3O6S. The van der Waals surface area contributed by atoms with Crippen LogP contribution in [-0.2, 0) is 19.6 Å². The summed E-state index contributed by atoms with van der Waals surface area (Å²) in [7, 11) is -0.821. The molecule has 0 aromatic heterocycles. The van der Waals surface area contributed by atoms with Crippen molar-refractivity contribution in [2.45, 2.75) is 24.3 Å². The largest absolute Gasteiger partial charge is 0.493 e. The van der Waals surface area contributed by atoms with Crippen LogP contribution < -0.4 is 9.47 Å². The Kier molecular flexibility index (Phi) is 7.13. The molecule has 35 heavy (non-hydrogen) atoms. The molecule has 1 atom stereocenters. The Labute approximate surface area is 205 Å². The molecular weight excluding hydrogens is 470 g/mol. The average molecular weight is 500 g/mol. The van der Waals surface area contributed by atoms with Crippen LogP contribution in [0.4, 0.5) is 0 Å². The van der Waals surface area contributed by atoms with Crippen molar-refractivity contribution < 1.29 is 27.5 Å². The maximum absolute atomic E-state index is 13.2. The second kappa shape index (κ2) is 10.1. The minimum absolute atomic E-state index is 0.109. The van der Waals surface area contributed by atoms with Crippen molar-refractivity contribution in [2.24, 2.45) is 0 Å².